The zero-order valence-electron chi connectivity index (χ0n) is 12.5. The summed E-state index contributed by atoms with van der Waals surface area (Å²) in [6, 6.07) is 6.12. The third kappa shape index (κ3) is 4.05. The van der Waals surface area contributed by atoms with E-state index in [0.717, 1.165) is 0 Å². The molecule has 0 unspecified atom stereocenters. The van der Waals surface area contributed by atoms with E-state index in [1.54, 1.807) is 32.9 Å². The molecule has 0 aliphatic carbocycles. The Morgan fingerprint density at radius 1 is 1.24 bits per heavy atom. The molecule has 0 amide bonds. The molecule has 0 spiro atoms. The number of rotatable bonds is 4. The number of ether oxygens (including phenoxy) is 1. The highest BCUT2D eigenvalue weighted by molar-refractivity contribution is 6.17. The summed E-state index contributed by atoms with van der Waals surface area (Å²) >= 11 is 0. The molecule has 0 radical (unpaired) electrons. The zero-order chi connectivity index (χ0) is 16.3. The van der Waals surface area contributed by atoms with Gasteiger partial charge in [0.15, 0.2) is 11.3 Å². The molecule has 2 N–H and O–H groups in total. The number of azide groups is 1. The average molecular weight is 290 g/mol. The van der Waals surface area contributed by atoms with Crippen LogP contribution in [-0.2, 0) is 9.53 Å². The number of esters is 1. The topological polar surface area (TPSA) is 118 Å². The molecule has 1 atom stereocenters. The summed E-state index contributed by atoms with van der Waals surface area (Å²) in [5.74, 6) is -1.50. The monoisotopic (exact) mass is 290 g/mol. The maximum atomic E-state index is 12.5. The number of benzene rings is 1. The van der Waals surface area contributed by atoms with E-state index in [0.29, 0.717) is 0 Å². The Kier molecular flexibility index (Phi) is 4.73. The third-order valence-electron chi connectivity index (χ3n) is 2.60. The lowest BCUT2D eigenvalue weighted by Crippen LogP contribution is -2.54. The number of hydrogen-bond acceptors (Lipinski definition) is 5. The molecule has 0 heterocycles. The lowest BCUT2D eigenvalue weighted by atomic mass is 9.91. The lowest BCUT2D eigenvalue weighted by molar-refractivity contribution is -0.158. The maximum absolute atomic E-state index is 12.5. The van der Waals surface area contributed by atoms with E-state index < -0.39 is 22.9 Å². The summed E-state index contributed by atoms with van der Waals surface area (Å²) in [5.41, 5.74) is 11.9. The number of nitrogens with zero attached hydrogens (tertiary/aromatic N) is 3. The van der Waals surface area contributed by atoms with Gasteiger partial charge in [0.25, 0.3) is 0 Å². The Balaban J connectivity index is 3.18. The van der Waals surface area contributed by atoms with Crippen LogP contribution in [0.15, 0.2) is 29.4 Å². The van der Waals surface area contributed by atoms with Crippen LogP contribution in [0.25, 0.3) is 10.4 Å². The largest absolute Gasteiger partial charge is 0.458 e. The van der Waals surface area contributed by atoms with Crippen molar-refractivity contribution in [3.8, 4) is 0 Å². The summed E-state index contributed by atoms with van der Waals surface area (Å²) < 4.78 is 5.16. The second-order valence-corrected chi connectivity index (χ2v) is 5.74. The molecule has 0 bridgehead atoms. The maximum Gasteiger partial charge on any atom is 0.334 e. The molecular weight excluding hydrogens is 272 g/mol. The number of hydrogen-bond donors (Lipinski definition) is 1. The van der Waals surface area contributed by atoms with Crippen molar-refractivity contribution >= 4 is 17.4 Å². The van der Waals surface area contributed by atoms with Crippen molar-refractivity contribution in [1.82, 2.24) is 0 Å². The Bertz CT molecular complexity index is 611. The van der Waals surface area contributed by atoms with Crippen LogP contribution in [0.2, 0.25) is 0 Å². The zero-order valence-corrected chi connectivity index (χ0v) is 12.5. The fourth-order valence-electron chi connectivity index (χ4n) is 1.56. The summed E-state index contributed by atoms with van der Waals surface area (Å²) in [6.45, 7) is 6.31. The van der Waals surface area contributed by atoms with Crippen LogP contribution < -0.4 is 5.73 Å². The molecular formula is C14H18N4O3. The highest BCUT2D eigenvalue weighted by Gasteiger charge is 2.41. The van der Waals surface area contributed by atoms with Crippen molar-refractivity contribution in [2.24, 2.45) is 10.8 Å². The van der Waals surface area contributed by atoms with Crippen LogP contribution in [-0.4, -0.2) is 22.9 Å². The Labute approximate surface area is 122 Å². The van der Waals surface area contributed by atoms with Gasteiger partial charge in [-0.3, -0.25) is 4.79 Å². The van der Waals surface area contributed by atoms with E-state index >= 15 is 0 Å². The van der Waals surface area contributed by atoms with E-state index in [2.05, 4.69) is 10.0 Å². The first-order chi connectivity index (χ1) is 9.59. The van der Waals surface area contributed by atoms with Crippen molar-refractivity contribution in [2.45, 2.75) is 38.8 Å². The second-order valence-electron chi connectivity index (χ2n) is 5.74. The van der Waals surface area contributed by atoms with Crippen LogP contribution in [0.1, 0.15) is 38.1 Å². The molecule has 0 aromatic heterocycles. The third-order valence-corrected chi connectivity index (χ3v) is 2.60. The molecule has 21 heavy (non-hydrogen) atoms. The molecule has 0 fully saturated rings. The predicted molar refractivity (Wildman–Crippen MR) is 78.0 cm³/mol. The van der Waals surface area contributed by atoms with E-state index in [1.807, 2.05) is 0 Å². The molecule has 0 saturated carbocycles. The summed E-state index contributed by atoms with van der Waals surface area (Å²) in [4.78, 5) is 27.2. The summed E-state index contributed by atoms with van der Waals surface area (Å²) in [6.07, 6.45) is 0. The van der Waals surface area contributed by atoms with Gasteiger partial charge in [-0.1, -0.05) is 29.4 Å². The Morgan fingerprint density at radius 3 is 2.33 bits per heavy atom. The van der Waals surface area contributed by atoms with Crippen LogP contribution in [0.3, 0.4) is 0 Å². The quantitative estimate of drug-likeness (QED) is 0.229. The van der Waals surface area contributed by atoms with Crippen LogP contribution in [0, 0.1) is 0 Å². The van der Waals surface area contributed by atoms with Crippen LogP contribution in [0.4, 0.5) is 5.69 Å². The SMILES string of the molecule is CC(C)(C)OC(=O)[C@](C)(N)C(=O)c1ccccc1N=[N+]=[N-]. The van der Waals surface area contributed by atoms with Gasteiger partial charge in [-0.05, 0) is 33.2 Å². The first-order valence-electron chi connectivity index (χ1n) is 6.31. The molecule has 112 valence electrons. The predicted octanol–water partition coefficient (Wildman–Crippen LogP) is 2.87. The number of ketones is 1. The number of carbonyl (C=O) groups is 2. The molecule has 0 saturated heterocycles. The van der Waals surface area contributed by atoms with E-state index in [-0.39, 0.29) is 11.3 Å². The minimum atomic E-state index is -1.87. The molecule has 7 nitrogen and oxygen atoms in total. The van der Waals surface area contributed by atoms with Crippen molar-refractivity contribution in [3.63, 3.8) is 0 Å². The van der Waals surface area contributed by atoms with Crippen molar-refractivity contribution in [2.75, 3.05) is 0 Å². The number of Topliss-reactive ketones (excluding diaryl/α,β-unsaturated/α-hetero) is 1. The number of nitrogens with two attached hydrogens (primary N) is 1. The van der Waals surface area contributed by atoms with Crippen molar-refractivity contribution < 1.29 is 14.3 Å². The van der Waals surface area contributed by atoms with Gasteiger partial charge < -0.3 is 10.5 Å². The first-order valence-corrected chi connectivity index (χ1v) is 6.31. The normalized spacial score (nSPS) is 13.8. The highest BCUT2D eigenvalue weighted by atomic mass is 16.6. The van der Waals surface area contributed by atoms with Gasteiger partial charge in [0.1, 0.15) is 5.60 Å². The van der Waals surface area contributed by atoms with Crippen LogP contribution in [0.5, 0.6) is 0 Å². The van der Waals surface area contributed by atoms with E-state index in [9.17, 15) is 9.59 Å². The Morgan fingerprint density at radius 2 is 1.81 bits per heavy atom. The Hall–Kier alpha value is -2.37. The second kappa shape index (κ2) is 5.95. The minimum Gasteiger partial charge on any atom is -0.458 e. The highest BCUT2D eigenvalue weighted by Crippen LogP contribution is 2.24. The van der Waals surface area contributed by atoms with Gasteiger partial charge in [-0.25, -0.2) is 4.79 Å². The van der Waals surface area contributed by atoms with Gasteiger partial charge in [0.05, 0.1) is 0 Å². The standard InChI is InChI=1S/C14H18N4O3/c1-13(2,3)21-12(20)14(4,15)11(19)9-7-5-6-8-10(9)17-18-16/h5-8H,15H2,1-4H3/t14-/m1/s1. The first kappa shape index (κ1) is 16.7. The van der Waals surface area contributed by atoms with Crippen LogP contribution >= 0.6 is 0 Å². The molecule has 1 aromatic carbocycles. The molecule has 1 rings (SSSR count). The van der Waals surface area contributed by atoms with Gasteiger partial charge in [-0.15, -0.1) is 0 Å². The van der Waals surface area contributed by atoms with Gasteiger partial charge in [0, 0.05) is 16.2 Å². The fourth-order valence-corrected chi connectivity index (χ4v) is 1.56. The molecule has 0 aliphatic heterocycles. The lowest BCUT2D eigenvalue weighted by Gasteiger charge is -2.27. The number of carbonyl (C=O) groups excluding carboxylic acids is 2. The van der Waals surface area contributed by atoms with Gasteiger partial charge in [0.2, 0.25) is 0 Å². The molecule has 7 heteroatoms. The molecule has 0 aliphatic rings. The van der Waals surface area contributed by atoms with Crippen molar-refractivity contribution in [1.29, 1.82) is 0 Å². The smallest absolute Gasteiger partial charge is 0.334 e. The van der Waals surface area contributed by atoms with E-state index in [1.165, 1.54) is 19.1 Å². The fraction of sp³-hybridized carbons (Fsp3) is 0.429. The van der Waals surface area contributed by atoms with Gasteiger partial charge in [-0.2, -0.15) is 0 Å². The van der Waals surface area contributed by atoms with E-state index in [4.69, 9.17) is 16.0 Å². The summed E-state index contributed by atoms with van der Waals surface area (Å²) in [7, 11) is 0. The van der Waals surface area contributed by atoms with Crippen molar-refractivity contribution in [3.05, 3.63) is 40.3 Å². The molecule has 1 aromatic rings. The average Bonchev–Trinajstić information content (AvgIpc) is 2.37. The minimum absolute atomic E-state index is 0.0751. The van der Waals surface area contributed by atoms with Gasteiger partial charge >= 0.3 is 5.97 Å². The summed E-state index contributed by atoms with van der Waals surface area (Å²) in [5, 5.41) is 3.43.